The van der Waals surface area contributed by atoms with Gasteiger partial charge in [-0.15, -0.1) is 0 Å². The third-order valence-corrected chi connectivity index (χ3v) is 4.69. The molecule has 1 unspecified atom stereocenters. The van der Waals surface area contributed by atoms with Gasteiger partial charge in [0.2, 0.25) is 5.91 Å². The summed E-state index contributed by atoms with van der Waals surface area (Å²) < 4.78 is 0. The van der Waals surface area contributed by atoms with E-state index in [1.807, 2.05) is 13.8 Å². The van der Waals surface area contributed by atoms with Crippen molar-refractivity contribution in [2.75, 3.05) is 0 Å². The summed E-state index contributed by atoms with van der Waals surface area (Å²) in [5, 5.41) is 15.4. The summed E-state index contributed by atoms with van der Waals surface area (Å²) in [6.07, 6.45) is 5.97. The molecule has 0 saturated heterocycles. The van der Waals surface area contributed by atoms with Gasteiger partial charge >= 0.3 is 0 Å². The average molecular weight is 297 g/mol. The minimum absolute atomic E-state index is 0.0426. The zero-order valence-corrected chi connectivity index (χ0v) is 13.9. The van der Waals surface area contributed by atoms with Crippen LogP contribution in [0.4, 0.5) is 0 Å². The van der Waals surface area contributed by atoms with E-state index in [9.17, 15) is 4.79 Å². The second-order valence-corrected chi connectivity index (χ2v) is 7.14. The smallest absolute Gasteiger partial charge is 0.234 e. The predicted molar refractivity (Wildman–Crippen MR) is 85.2 cm³/mol. The van der Waals surface area contributed by atoms with Crippen LogP contribution in [-0.4, -0.2) is 23.0 Å². The Labute approximate surface area is 128 Å². The van der Waals surface area contributed by atoms with Gasteiger partial charge < -0.3 is 16.3 Å². The van der Waals surface area contributed by atoms with E-state index in [0.29, 0.717) is 12.8 Å². The SMILES string of the molecule is CCCC(CCC)(C(=O)NC1CCC(C)(C)C1)C(N)=NO. The highest BCUT2D eigenvalue weighted by Gasteiger charge is 2.43. The van der Waals surface area contributed by atoms with Gasteiger partial charge in [0.05, 0.1) is 0 Å². The summed E-state index contributed by atoms with van der Waals surface area (Å²) in [6.45, 7) is 8.49. The molecular weight excluding hydrogens is 266 g/mol. The summed E-state index contributed by atoms with van der Waals surface area (Å²) in [7, 11) is 0. The summed E-state index contributed by atoms with van der Waals surface area (Å²) in [5.41, 5.74) is 5.31. The first-order valence-electron chi connectivity index (χ1n) is 8.10. The van der Waals surface area contributed by atoms with Crippen LogP contribution < -0.4 is 11.1 Å². The predicted octanol–water partition coefficient (Wildman–Crippen LogP) is 3.01. The number of hydrogen-bond donors (Lipinski definition) is 3. The number of carbonyl (C=O) groups is 1. The fraction of sp³-hybridized carbons (Fsp3) is 0.875. The van der Waals surface area contributed by atoms with Gasteiger partial charge in [0.25, 0.3) is 0 Å². The van der Waals surface area contributed by atoms with Crippen LogP contribution in [0.3, 0.4) is 0 Å². The number of oxime groups is 1. The molecule has 0 heterocycles. The van der Waals surface area contributed by atoms with Gasteiger partial charge in [-0.3, -0.25) is 4.79 Å². The molecule has 0 bridgehead atoms. The van der Waals surface area contributed by atoms with E-state index in [-0.39, 0.29) is 23.2 Å². The highest BCUT2D eigenvalue weighted by atomic mass is 16.4. The van der Waals surface area contributed by atoms with Crippen molar-refractivity contribution >= 4 is 11.7 Å². The first-order valence-corrected chi connectivity index (χ1v) is 8.10. The van der Waals surface area contributed by atoms with Gasteiger partial charge in [-0.2, -0.15) is 0 Å². The quantitative estimate of drug-likeness (QED) is 0.292. The summed E-state index contributed by atoms with van der Waals surface area (Å²) in [6, 6.07) is 0.201. The van der Waals surface area contributed by atoms with Gasteiger partial charge in [0.1, 0.15) is 5.41 Å². The third-order valence-electron chi connectivity index (χ3n) is 4.69. The molecule has 1 fully saturated rings. The second-order valence-electron chi connectivity index (χ2n) is 7.14. The average Bonchev–Trinajstić information content (AvgIpc) is 2.76. The molecule has 0 aromatic rings. The van der Waals surface area contributed by atoms with E-state index in [2.05, 4.69) is 24.3 Å². The van der Waals surface area contributed by atoms with Crippen LogP contribution in [0.2, 0.25) is 0 Å². The maximum absolute atomic E-state index is 12.8. The van der Waals surface area contributed by atoms with E-state index in [1.165, 1.54) is 0 Å². The number of rotatable bonds is 7. The zero-order valence-electron chi connectivity index (χ0n) is 13.9. The number of carbonyl (C=O) groups excluding carboxylic acids is 1. The van der Waals surface area contributed by atoms with Crippen molar-refractivity contribution in [1.82, 2.24) is 5.32 Å². The van der Waals surface area contributed by atoms with Crippen LogP contribution in [0.5, 0.6) is 0 Å². The molecule has 0 aromatic carbocycles. The molecule has 21 heavy (non-hydrogen) atoms. The molecule has 0 radical (unpaired) electrons. The molecule has 0 aliphatic heterocycles. The van der Waals surface area contributed by atoms with Crippen LogP contribution in [0, 0.1) is 10.8 Å². The van der Waals surface area contributed by atoms with E-state index in [0.717, 1.165) is 32.1 Å². The molecule has 5 heteroatoms. The molecular formula is C16H31N3O2. The van der Waals surface area contributed by atoms with Crippen LogP contribution in [-0.2, 0) is 4.79 Å². The maximum Gasteiger partial charge on any atom is 0.234 e. The van der Waals surface area contributed by atoms with Crippen molar-refractivity contribution < 1.29 is 10.0 Å². The molecule has 1 rings (SSSR count). The molecule has 1 amide bonds. The number of nitrogens with two attached hydrogens (primary N) is 1. The molecule has 5 nitrogen and oxygen atoms in total. The monoisotopic (exact) mass is 297 g/mol. The van der Waals surface area contributed by atoms with Crippen LogP contribution in [0.1, 0.15) is 72.6 Å². The summed E-state index contributed by atoms with van der Waals surface area (Å²) in [4.78, 5) is 12.8. The fourth-order valence-electron chi connectivity index (χ4n) is 3.56. The molecule has 1 atom stereocenters. The van der Waals surface area contributed by atoms with Crippen molar-refractivity contribution in [3.8, 4) is 0 Å². The van der Waals surface area contributed by atoms with Crippen LogP contribution in [0.25, 0.3) is 0 Å². The first-order chi connectivity index (χ1) is 9.81. The van der Waals surface area contributed by atoms with Crippen molar-refractivity contribution in [1.29, 1.82) is 0 Å². The van der Waals surface area contributed by atoms with Crippen molar-refractivity contribution in [2.24, 2.45) is 21.7 Å². The molecule has 1 aliphatic rings. The Morgan fingerprint density at radius 3 is 2.33 bits per heavy atom. The maximum atomic E-state index is 12.8. The molecule has 0 spiro atoms. The highest BCUT2D eigenvalue weighted by molar-refractivity contribution is 6.06. The Kier molecular flexibility index (Phi) is 6.05. The number of amidine groups is 1. The minimum atomic E-state index is -0.870. The lowest BCUT2D eigenvalue weighted by molar-refractivity contribution is -0.129. The lowest BCUT2D eigenvalue weighted by Gasteiger charge is -2.32. The topological polar surface area (TPSA) is 87.7 Å². The Morgan fingerprint density at radius 1 is 1.38 bits per heavy atom. The van der Waals surface area contributed by atoms with Crippen molar-refractivity contribution in [3.05, 3.63) is 0 Å². The van der Waals surface area contributed by atoms with Crippen molar-refractivity contribution in [3.63, 3.8) is 0 Å². The lowest BCUT2D eigenvalue weighted by Crippen LogP contribution is -2.52. The van der Waals surface area contributed by atoms with Gasteiger partial charge in [-0.25, -0.2) is 0 Å². The number of hydrogen-bond acceptors (Lipinski definition) is 3. The Hall–Kier alpha value is -1.26. The summed E-state index contributed by atoms with van der Waals surface area (Å²) in [5.74, 6) is -0.0369. The van der Waals surface area contributed by atoms with E-state index >= 15 is 0 Å². The molecule has 4 N–H and O–H groups in total. The van der Waals surface area contributed by atoms with Gasteiger partial charge in [0.15, 0.2) is 5.84 Å². The fourth-order valence-corrected chi connectivity index (χ4v) is 3.56. The molecule has 122 valence electrons. The van der Waals surface area contributed by atoms with E-state index in [1.54, 1.807) is 0 Å². The molecule has 1 aliphatic carbocycles. The Bertz CT molecular complexity index is 385. The third kappa shape index (κ3) is 4.11. The standard InChI is InChI=1S/C16H31N3O2/c1-5-8-16(9-6-2,13(17)19-21)14(20)18-12-7-10-15(3,4)11-12/h12,21H,5-11H2,1-4H3,(H2,17,19)(H,18,20). The van der Waals surface area contributed by atoms with Gasteiger partial charge in [-0.1, -0.05) is 45.7 Å². The Morgan fingerprint density at radius 2 is 1.95 bits per heavy atom. The lowest BCUT2D eigenvalue weighted by atomic mass is 9.77. The number of nitrogens with zero attached hydrogens (tertiary/aromatic N) is 1. The van der Waals surface area contributed by atoms with E-state index < -0.39 is 5.41 Å². The van der Waals surface area contributed by atoms with Crippen LogP contribution in [0.15, 0.2) is 5.16 Å². The Balaban J connectivity index is 2.89. The zero-order chi connectivity index (χ0) is 16.1. The minimum Gasteiger partial charge on any atom is -0.409 e. The molecule has 0 aromatic heterocycles. The normalized spacial score (nSPS) is 22.3. The highest BCUT2D eigenvalue weighted by Crippen LogP contribution is 2.38. The van der Waals surface area contributed by atoms with Crippen molar-refractivity contribution in [2.45, 2.75) is 78.7 Å². The summed E-state index contributed by atoms with van der Waals surface area (Å²) >= 11 is 0. The van der Waals surface area contributed by atoms with Crippen LogP contribution >= 0.6 is 0 Å². The molecule has 1 saturated carbocycles. The van der Waals surface area contributed by atoms with E-state index in [4.69, 9.17) is 10.9 Å². The number of amides is 1. The number of nitrogens with one attached hydrogen (secondary N) is 1. The van der Waals surface area contributed by atoms with Gasteiger partial charge in [-0.05, 0) is 37.5 Å². The van der Waals surface area contributed by atoms with Gasteiger partial charge in [0, 0.05) is 6.04 Å². The first kappa shape index (κ1) is 17.8. The largest absolute Gasteiger partial charge is 0.409 e. The second kappa shape index (κ2) is 7.14.